The molecular formula is C13H26GaN. The van der Waals surface area contributed by atoms with Gasteiger partial charge in [0.2, 0.25) is 0 Å². The predicted molar refractivity (Wildman–Crippen MR) is 68.9 cm³/mol. The Morgan fingerprint density at radius 2 is 1.47 bits per heavy atom. The van der Waals surface area contributed by atoms with Crippen molar-refractivity contribution >= 4 is 16.2 Å². The Morgan fingerprint density at radius 3 is 2.07 bits per heavy atom. The molecule has 0 aromatic rings. The molecule has 15 heavy (non-hydrogen) atoms. The van der Waals surface area contributed by atoms with Crippen molar-refractivity contribution in [2.24, 2.45) is 0 Å². The van der Waals surface area contributed by atoms with E-state index < -0.39 is 16.2 Å². The van der Waals surface area contributed by atoms with Crippen molar-refractivity contribution in [3.8, 4) is 0 Å². The van der Waals surface area contributed by atoms with Crippen molar-refractivity contribution in [2.75, 3.05) is 20.1 Å². The summed E-state index contributed by atoms with van der Waals surface area (Å²) in [5.41, 5.74) is 0. The van der Waals surface area contributed by atoms with Gasteiger partial charge in [-0.15, -0.1) is 0 Å². The van der Waals surface area contributed by atoms with E-state index in [2.05, 4.69) is 11.9 Å². The third-order valence-electron chi connectivity index (χ3n) is 4.55. The molecule has 2 heteroatoms. The van der Waals surface area contributed by atoms with Crippen LogP contribution in [0.5, 0.6) is 0 Å². The summed E-state index contributed by atoms with van der Waals surface area (Å²) in [6.07, 6.45) is 11.0. The van der Waals surface area contributed by atoms with E-state index in [0.717, 1.165) is 0 Å². The summed E-state index contributed by atoms with van der Waals surface area (Å²) >= 11 is -0.832. The molecule has 0 radical (unpaired) electrons. The number of hydrogen-bond donors (Lipinski definition) is 0. The van der Waals surface area contributed by atoms with Gasteiger partial charge in [0.05, 0.1) is 0 Å². The summed E-state index contributed by atoms with van der Waals surface area (Å²) in [4.78, 5) is 5.93. The molecular weight excluding hydrogens is 240 g/mol. The number of hydrogen-bond acceptors (Lipinski definition) is 1. The Morgan fingerprint density at radius 1 is 0.867 bits per heavy atom. The molecule has 86 valence electrons. The first-order valence-electron chi connectivity index (χ1n) is 7.05. The number of rotatable bonds is 1. The molecule has 1 saturated heterocycles. The van der Waals surface area contributed by atoms with E-state index in [1.54, 1.807) is 35.6 Å². The van der Waals surface area contributed by atoms with Crippen LogP contribution in [-0.2, 0) is 0 Å². The molecule has 1 aliphatic heterocycles. The van der Waals surface area contributed by atoms with Gasteiger partial charge >= 0.3 is 101 Å². The van der Waals surface area contributed by atoms with Crippen molar-refractivity contribution in [1.82, 2.24) is 4.90 Å². The molecule has 0 spiro atoms. The van der Waals surface area contributed by atoms with Crippen LogP contribution in [0.3, 0.4) is 0 Å². The second kappa shape index (κ2) is 6.36. The maximum absolute atomic E-state index is 2.54. The molecule has 0 atom stereocenters. The molecule has 2 rings (SSSR count). The second-order valence-electron chi connectivity index (χ2n) is 5.75. The fourth-order valence-corrected chi connectivity index (χ4v) is 12.1. The van der Waals surface area contributed by atoms with Crippen LogP contribution in [-0.4, -0.2) is 41.3 Å². The van der Waals surface area contributed by atoms with E-state index in [4.69, 9.17) is 0 Å². The van der Waals surface area contributed by atoms with E-state index in [-0.39, 0.29) is 0 Å². The van der Waals surface area contributed by atoms with E-state index >= 15 is 0 Å². The topological polar surface area (TPSA) is 3.24 Å². The van der Waals surface area contributed by atoms with Crippen molar-refractivity contribution in [3.63, 3.8) is 0 Å². The van der Waals surface area contributed by atoms with Gasteiger partial charge in [0.1, 0.15) is 0 Å². The average Bonchev–Trinajstić information content (AvgIpc) is 2.24. The molecule has 1 saturated carbocycles. The van der Waals surface area contributed by atoms with Crippen LogP contribution in [0.4, 0.5) is 0 Å². The minimum absolute atomic E-state index is 0.832. The molecule has 0 aromatic heterocycles. The van der Waals surface area contributed by atoms with E-state index in [0.29, 0.717) is 0 Å². The zero-order valence-corrected chi connectivity index (χ0v) is 12.8. The Hall–Kier alpha value is 0.596. The first kappa shape index (κ1) is 12.1. The van der Waals surface area contributed by atoms with E-state index in [9.17, 15) is 0 Å². The summed E-state index contributed by atoms with van der Waals surface area (Å²) in [5.74, 6) is 0. The van der Waals surface area contributed by atoms with E-state index in [1.807, 2.05) is 0 Å². The zero-order valence-electron chi connectivity index (χ0n) is 10.4. The fraction of sp³-hybridized carbons (Fsp3) is 1.00. The molecule has 1 aliphatic carbocycles. The SMILES string of the molecule is CN1CC[CH2][Ga]([CH]2CCCCC2)[CH2]CC1. The Balaban J connectivity index is 1.80. The molecule has 2 aliphatic rings. The van der Waals surface area contributed by atoms with Crippen LogP contribution in [0.1, 0.15) is 44.9 Å². The third-order valence-corrected chi connectivity index (χ3v) is 13.6. The quantitative estimate of drug-likeness (QED) is 0.656. The van der Waals surface area contributed by atoms with Crippen molar-refractivity contribution in [1.29, 1.82) is 0 Å². The molecule has 0 aromatic carbocycles. The maximum atomic E-state index is 2.54. The summed E-state index contributed by atoms with van der Waals surface area (Å²) in [5, 5.41) is 0. The monoisotopic (exact) mass is 265 g/mol. The van der Waals surface area contributed by atoms with Crippen molar-refractivity contribution in [3.05, 3.63) is 0 Å². The van der Waals surface area contributed by atoms with Crippen LogP contribution in [0, 0.1) is 0 Å². The van der Waals surface area contributed by atoms with Crippen LogP contribution in [0.15, 0.2) is 0 Å². The molecule has 2 fully saturated rings. The van der Waals surface area contributed by atoms with Crippen molar-refractivity contribution < 1.29 is 0 Å². The zero-order chi connectivity index (χ0) is 10.5. The van der Waals surface area contributed by atoms with Crippen molar-refractivity contribution in [2.45, 2.75) is 59.4 Å². The summed E-state index contributed by atoms with van der Waals surface area (Å²) in [7, 11) is 2.30. The fourth-order valence-electron chi connectivity index (χ4n) is 3.58. The number of nitrogens with zero attached hydrogens (tertiary/aromatic N) is 1. The summed E-state index contributed by atoms with van der Waals surface area (Å²) in [6.45, 7) is 2.77. The molecule has 0 bridgehead atoms. The van der Waals surface area contributed by atoms with Gasteiger partial charge in [-0.1, -0.05) is 0 Å². The van der Waals surface area contributed by atoms with Gasteiger partial charge in [0, 0.05) is 0 Å². The van der Waals surface area contributed by atoms with Gasteiger partial charge < -0.3 is 0 Å². The Bertz CT molecular complexity index is 167. The van der Waals surface area contributed by atoms with Gasteiger partial charge in [-0.3, -0.25) is 0 Å². The average molecular weight is 266 g/mol. The van der Waals surface area contributed by atoms with Crippen LogP contribution in [0.25, 0.3) is 0 Å². The summed E-state index contributed by atoms with van der Waals surface area (Å²) < 4.78 is 1.29. The molecule has 1 nitrogen and oxygen atoms in total. The van der Waals surface area contributed by atoms with Crippen LogP contribution < -0.4 is 0 Å². The Labute approximate surface area is 101 Å². The van der Waals surface area contributed by atoms with Crippen LogP contribution >= 0.6 is 0 Å². The molecule has 1 heterocycles. The first-order chi connectivity index (χ1) is 7.36. The molecule has 0 N–H and O–H groups in total. The second-order valence-corrected chi connectivity index (χ2v) is 13.3. The molecule has 0 unspecified atom stereocenters. The van der Waals surface area contributed by atoms with Gasteiger partial charge in [-0.2, -0.15) is 0 Å². The molecule has 0 amide bonds. The predicted octanol–water partition coefficient (Wildman–Crippen LogP) is 3.54. The Kier molecular flexibility index (Phi) is 5.12. The van der Waals surface area contributed by atoms with Gasteiger partial charge in [-0.25, -0.2) is 0 Å². The minimum atomic E-state index is -0.832. The first-order valence-corrected chi connectivity index (χ1v) is 11.9. The standard InChI is InChI=1S/C7H15N.C6H11.Ga/c1-4-6-8(3)7-5-2;1-2-4-6-5-3-1;/h1-2,4-7H2,3H3;1H,2-6H2;. The summed E-state index contributed by atoms with van der Waals surface area (Å²) in [6, 6.07) is 0. The third kappa shape index (κ3) is 3.83. The van der Waals surface area contributed by atoms with Gasteiger partial charge in [0.25, 0.3) is 0 Å². The van der Waals surface area contributed by atoms with Crippen LogP contribution in [0.2, 0.25) is 14.4 Å². The van der Waals surface area contributed by atoms with Gasteiger partial charge in [-0.05, 0) is 0 Å². The normalized spacial score (nSPS) is 27.4. The van der Waals surface area contributed by atoms with E-state index in [1.165, 1.54) is 36.8 Å². The van der Waals surface area contributed by atoms with Gasteiger partial charge in [0.15, 0.2) is 0 Å².